The van der Waals surface area contributed by atoms with Crippen LogP contribution < -0.4 is 5.64 Å². The number of hydrogen-bond donors (Lipinski definition) is 1. The summed E-state index contributed by atoms with van der Waals surface area (Å²) in [5, 5.41) is 9.63. The monoisotopic (exact) mass is 232 g/mol. The molecule has 0 fully saturated rings. The van der Waals surface area contributed by atoms with Crippen molar-refractivity contribution in [2.24, 2.45) is 0 Å². The largest absolute Gasteiger partial charge is 0.755 e. The van der Waals surface area contributed by atoms with E-state index in [1.165, 1.54) is 0 Å². The Morgan fingerprint density at radius 3 is 2.12 bits per heavy atom. The van der Waals surface area contributed by atoms with Gasteiger partial charge in [0, 0.05) is 19.8 Å². The highest BCUT2D eigenvalue weighted by molar-refractivity contribution is 5.83. The predicted molar refractivity (Wildman–Crippen MR) is 52.5 cm³/mol. The number of rotatable bonds is 7. The Morgan fingerprint density at radius 2 is 1.62 bits per heavy atom. The molecule has 0 aliphatic heterocycles. The molecule has 1 N–H and O–H groups in total. The van der Waals surface area contributed by atoms with E-state index in [-0.39, 0.29) is 12.8 Å². The SMILES string of the molecule is CC(=O)OC(=O)CCCCCC(=O)ON[O-]. The third-order valence-electron chi connectivity index (χ3n) is 1.67. The smallest absolute Gasteiger partial charge is 0.323 e. The highest BCUT2D eigenvalue weighted by atomic mass is 16.8. The van der Waals surface area contributed by atoms with Crippen LogP contribution in [0.5, 0.6) is 0 Å². The summed E-state index contributed by atoms with van der Waals surface area (Å²) >= 11 is 0. The van der Waals surface area contributed by atoms with Gasteiger partial charge in [0.1, 0.15) is 0 Å². The van der Waals surface area contributed by atoms with Crippen LogP contribution in [0.25, 0.3) is 0 Å². The summed E-state index contributed by atoms with van der Waals surface area (Å²) in [5.74, 6) is -1.84. The van der Waals surface area contributed by atoms with Crippen molar-refractivity contribution >= 4 is 17.9 Å². The summed E-state index contributed by atoms with van der Waals surface area (Å²) in [6.07, 6.45) is 1.88. The van der Waals surface area contributed by atoms with Crippen molar-refractivity contribution in [1.82, 2.24) is 5.64 Å². The normalized spacial score (nSPS) is 9.62. The van der Waals surface area contributed by atoms with Crippen LogP contribution in [0, 0.1) is 5.21 Å². The number of ether oxygens (including phenoxy) is 1. The molecule has 0 bridgehead atoms. The van der Waals surface area contributed by atoms with E-state index in [2.05, 4.69) is 9.57 Å². The molecule has 0 spiro atoms. The van der Waals surface area contributed by atoms with Crippen LogP contribution in [0.4, 0.5) is 0 Å². The van der Waals surface area contributed by atoms with Crippen LogP contribution in [-0.2, 0) is 24.0 Å². The summed E-state index contributed by atoms with van der Waals surface area (Å²) in [7, 11) is 0. The molecule has 7 nitrogen and oxygen atoms in total. The molecule has 0 radical (unpaired) electrons. The summed E-state index contributed by atoms with van der Waals surface area (Å²) < 4.78 is 4.30. The van der Waals surface area contributed by atoms with Gasteiger partial charge < -0.3 is 14.8 Å². The lowest BCUT2D eigenvalue weighted by atomic mass is 10.1. The van der Waals surface area contributed by atoms with Gasteiger partial charge >= 0.3 is 17.9 Å². The van der Waals surface area contributed by atoms with Crippen molar-refractivity contribution in [3.05, 3.63) is 5.21 Å². The quantitative estimate of drug-likeness (QED) is 0.296. The number of hydrogen-bond acceptors (Lipinski definition) is 7. The molecule has 0 unspecified atom stereocenters. The Kier molecular flexibility index (Phi) is 8.00. The second kappa shape index (κ2) is 8.81. The summed E-state index contributed by atoms with van der Waals surface area (Å²) in [4.78, 5) is 35.8. The Labute approximate surface area is 92.6 Å². The van der Waals surface area contributed by atoms with E-state index in [0.29, 0.717) is 19.3 Å². The van der Waals surface area contributed by atoms with E-state index < -0.39 is 17.9 Å². The van der Waals surface area contributed by atoms with Gasteiger partial charge in [-0.25, -0.2) is 5.64 Å². The van der Waals surface area contributed by atoms with E-state index in [4.69, 9.17) is 0 Å². The molecule has 0 aromatic carbocycles. The van der Waals surface area contributed by atoms with E-state index in [0.717, 1.165) is 12.6 Å². The van der Waals surface area contributed by atoms with Gasteiger partial charge in [-0.05, 0) is 12.8 Å². The minimum absolute atomic E-state index is 0.108. The maximum Gasteiger partial charge on any atom is 0.323 e. The van der Waals surface area contributed by atoms with E-state index in [9.17, 15) is 19.6 Å². The van der Waals surface area contributed by atoms with Gasteiger partial charge in [-0.2, -0.15) is 0 Å². The van der Waals surface area contributed by atoms with Crippen LogP contribution >= 0.6 is 0 Å². The first-order valence-electron chi connectivity index (χ1n) is 4.84. The maximum atomic E-state index is 10.9. The second-order valence-corrected chi connectivity index (χ2v) is 3.08. The van der Waals surface area contributed by atoms with Crippen molar-refractivity contribution < 1.29 is 24.0 Å². The van der Waals surface area contributed by atoms with Crippen LogP contribution in [-0.4, -0.2) is 17.9 Å². The van der Waals surface area contributed by atoms with E-state index in [1.54, 1.807) is 0 Å². The molecule has 0 aliphatic carbocycles. The number of nitrogens with one attached hydrogen (secondary N) is 1. The molecule has 0 amide bonds. The standard InChI is InChI=1S/C9H14NO6/c1-7(11)15-8(12)5-3-2-4-6-9(13)16-10-14/h10H,2-6H2,1H3/q-1. The molecular formula is C9H14NO6-. The minimum Gasteiger partial charge on any atom is -0.755 e. The first kappa shape index (κ1) is 14.5. The summed E-state index contributed by atoms with van der Waals surface area (Å²) in [6, 6.07) is 0. The lowest BCUT2D eigenvalue weighted by Crippen LogP contribution is -2.13. The van der Waals surface area contributed by atoms with Gasteiger partial charge in [0.05, 0.1) is 0 Å². The molecule has 0 aromatic rings. The Bertz CT molecular complexity index is 252. The number of carbonyl (C=O) groups is 3. The average Bonchev–Trinajstić information content (AvgIpc) is 2.16. The van der Waals surface area contributed by atoms with Gasteiger partial charge in [-0.15, -0.1) is 0 Å². The zero-order valence-electron chi connectivity index (χ0n) is 8.99. The van der Waals surface area contributed by atoms with Gasteiger partial charge in [0.15, 0.2) is 0 Å². The topological polar surface area (TPSA) is 105 Å². The third-order valence-corrected chi connectivity index (χ3v) is 1.67. The molecule has 0 saturated heterocycles. The van der Waals surface area contributed by atoms with Gasteiger partial charge in [0.25, 0.3) is 0 Å². The lowest BCUT2D eigenvalue weighted by Gasteiger charge is -2.06. The van der Waals surface area contributed by atoms with Gasteiger partial charge in [0.2, 0.25) is 0 Å². The molecule has 0 rings (SSSR count). The molecule has 92 valence electrons. The van der Waals surface area contributed by atoms with Crippen LogP contribution in [0.15, 0.2) is 0 Å². The molecule has 0 heterocycles. The molecule has 7 heteroatoms. The fraction of sp³-hybridized carbons (Fsp3) is 0.667. The van der Waals surface area contributed by atoms with Crippen LogP contribution in [0.2, 0.25) is 0 Å². The van der Waals surface area contributed by atoms with Crippen molar-refractivity contribution in [3.63, 3.8) is 0 Å². The number of unbranched alkanes of at least 4 members (excludes halogenated alkanes) is 2. The molecule has 16 heavy (non-hydrogen) atoms. The molecule has 0 saturated carbocycles. The average molecular weight is 232 g/mol. The van der Waals surface area contributed by atoms with E-state index in [1.807, 2.05) is 0 Å². The second-order valence-electron chi connectivity index (χ2n) is 3.08. The molecule has 0 aromatic heterocycles. The minimum atomic E-state index is -0.638. The highest BCUT2D eigenvalue weighted by Gasteiger charge is 2.06. The van der Waals surface area contributed by atoms with Crippen molar-refractivity contribution in [3.8, 4) is 0 Å². The van der Waals surface area contributed by atoms with Crippen molar-refractivity contribution in [1.29, 1.82) is 0 Å². The number of carbonyl (C=O) groups excluding carboxylic acids is 3. The zero-order valence-corrected chi connectivity index (χ0v) is 8.99. The molecular weight excluding hydrogens is 218 g/mol. The molecule has 0 atom stereocenters. The molecule has 0 aliphatic rings. The van der Waals surface area contributed by atoms with Crippen molar-refractivity contribution in [2.45, 2.75) is 39.0 Å². The lowest BCUT2D eigenvalue weighted by molar-refractivity contribution is -0.158. The van der Waals surface area contributed by atoms with E-state index >= 15 is 0 Å². The number of esters is 2. The summed E-state index contributed by atoms with van der Waals surface area (Å²) in [5.41, 5.74) is 1.04. The fourth-order valence-electron chi connectivity index (χ4n) is 1.02. The Balaban J connectivity index is 3.36. The predicted octanol–water partition coefficient (Wildman–Crippen LogP) is 0.572. The zero-order chi connectivity index (χ0) is 12.4. The Hall–Kier alpha value is -1.47. The van der Waals surface area contributed by atoms with Gasteiger partial charge in [-0.1, -0.05) is 6.42 Å². The fourth-order valence-corrected chi connectivity index (χ4v) is 1.02. The van der Waals surface area contributed by atoms with Crippen molar-refractivity contribution in [2.75, 3.05) is 0 Å². The third kappa shape index (κ3) is 9.10. The Morgan fingerprint density at radius 1 is 1.06 bits per heavy atom. The van der Waals surface area contributed by atoms with Crippen LogP contribution in [0.1, 0.15) is 39.0 Å². The first-order valence-corrected chi connectivity index (χ1v) is 4.84. The maximum absolute atomic E-state index is 10.9. The highest BCUT2D eigenvalue weighted by Crippen LogP contribution is 2.04. The van der Waals surface area contributed by atoms with Gasteiger partial charge in [-0.3, -0.25) is 14.4 Å². The summed E-state index contributed by atoms with van der Waals surface area (Å²) in [6.45, 7) is 1.16. The first-order chi connectivity index (χ1) is 7.56. The van der Waals surface area contributed by atoms with Crippen LogP contribution in [0.3, 0.4) is 0 Å².